The van der Waals surface area contributed by atoms with Crippen molar-refractivity contribution in [3.05, 3.63) is 60.2 Å². The van der Waals surface area contributed by atoms with E-state index >= 15 is 0 Å². The third kappa shape index (κ3) is 8.63. The number of hydrogen-bond donors (Lipinski definition) is 2. The minimum Gasteiger partial charge on any atom is -0.489 e. The average molecular weight is 415 g/mol. The summed E-state index contributed by atoms with van der Waals surface area (Å²) in [5.74, 6) is 0.0398. The summed E-state index contributed by atoms with van der Waals surface area (Å²) >= 11 is 0. The Hall–Kier alpha value is -2.90. The van der Waals surface area contributed by atoms with Crippen LogP contribution in [-0.2, 0) is 20.9 Å². The summed E-state index contributed by atoms with van der Waals surface area (Å²) in [6, 6.07) is 16.9. The number of aliphatic hydroxyl groups excluding tert-OH is 1. The predicted octanol–water partition coefficient (Wildman–Crippen LogP) is 2.84. The van der Waals surface area contributed by atoms with Gasteiger partial charge in [0.25, 0.3) is 0 Å². The quantitative estimate of drug-likeness (QED) is 0.519. The second-order valence-electron chi connectivity index (χ2n) is 6.92. The lowest BCUT2D eigenvalue weighted by Crippen LogP contribution is -2.36. The molecule has 30 heavy (non-hydrogen) atoms. The van der Waals surface area contributed by atoms with Crippen molar-refractivity contribution in [1.29, 1.82) is 0 Å². The highest BCUT2D eigenvalue weighted by atomic mass is 16.5. The maximum atomic E-state index is 11.8. The highest BCUT2D eigenvalue weighted by Crippen LogP contribution is 2.23. The van der Waals surface area contributed by atoms with Crippen molar-refractivity contribution in [2.75, 3.05) is 31.6 Å². The van der Waals surface area contributed by atoms with Gasteiger partial charge in [0, 0.05) is 26.6 Å². The van der Waals surface area contributed by atoms with Gasteiger partial charge in [0.05, 0.1) is 18.7 Å². The van der Waals surface area contributed by atoms with Gasteiger partial charge < -0.3 is 19.9 Å². The summed E-state index contributed by atoms with van der Waals surface area (Å²) < 4.78 is 10.7. The molecule has 2 rings (SSSR count). The van der Waals surface area contributed by atoms with Crippen LogP contribution < -0.4 is 10.1 Å². The minimum atomic E-state index is -0.777. The Morgan fingerprint density at radius 3 is 2.50 bits per heavy atom. The van der Waals surface area contributed by atoms with Crippen molar-refractivity contribution in [3.8, 4) is 5.75 Å². The van der Waals surface area contributed by atoms with Gasteiger partial charge in [-0.3, -0.25) is 14.5 Å². The number of carbonyl (C=O) groups excluding carboxylic acids is 2. The van der Waals surface area contributed by atoms with E-state index in [0.717, 1.165) is 5.56 Å². The number of nitrogens with one attached hydrogen (secondary N) is 1. The van der Waals surface area contributed by atoms with E-state index < -0.39 is 6.10 Å². The number of esters is 1. The summed E-state index contributed by atoms with van der Waals surface area (Å²) in [5.41, 5.74) is 1.64. The number of rotatable bonds is 12. The predicted molar refractivity (Wildman–Crippen MR) is 115 cm³/mol. The first-order valence-corrected chi connectivity index (χ1v) is 10.1. The fourth-order valence-corrected chi connectivity index (χ4v) is 2.98. The Kier molecular flexibility index (Phi) is 9.83. The van der Waals surface area contributed by atoms with E-state index in [9.17, 15) is 14.7 Å². The molecule has 0 saturated carbocycles. The van der Waals surface area contributed by atoms with Crippen LogP contribution in [0.1, 0.15) is 25.8 Å². The van der Waals surface area contributed by atoms with Crippen LogP contribution in [0.5, 0.6) is 5.75 Å². The zero-order valence-corrected chi connectivity index (χ0v) is 17.5. The van der Waals surface area contributed by atoms with Crippen LogP contribution in [0, 0.1) is 0 Å². The summed E-state index contributed by atoms with van der Waals surface area (Å²) in [5, 5.41) is 13.2. The van der Waals surface area contributed by atoms with Crippen molar-refractivity contribution in [2.24, 2.45) is 0 Å². The number of anilines is 1. The molecule has 0 aliphatic carbocycles. The zero-order chi connectivity index (χ0) is 21.8. The SMILES string of the molecule is CCOC(=O)CCN(Cc1ccccc1)CC(O)COc1ccccc1NC(C)=O. The zero-order valence-electron chi connectivity index (χ0n) is 17.5. The Balaban J connectivity index is 1.95. The average Bonchev–Trinajstić information content (AvgIpc) is 2.72. The van der Waals surface area contributed by atoms with Gasteiger partial charge in [0.2, 0.25) is 5.91 Å². The molecule has 162 valence electrons. The molecule has 0 saturated heterocycles. The summed E-state index contributed by atoms with van der Waals surface area (Å²) in [7, 11) is 0. The molecular formula is C23H30N2O5. The van der Waals surface area contributed by atoms with Gasteiger partial charge in [-0.25, -0.2) is 0 Å². The normalized spacial score (nSPS) is 11.7. The van der Waals surface area contributed by atoms with Gasteiger partial charge in [0.1, 0.15) is 18.5 Å². The van der Waals surface area contributed by atoms with Crippen LogP contribution in [0.15, 0.2) is 54.6 Å². The third-order valence-corrected chi connectivity index (χ3v) is 4.28. The smallest absolute Gasteiger partial charge is 0.307 e. The van der Waals surface area contributed by atoms with E-state index in [0.29, 0.717) is 37.7 Å². The van der Waals surface area contributed by atoms with Crippen LogP contribution in [0.2, 0.25) is 0 Å². The third-order valence-electron chi connectivity index (χ3n) is 4.28. The molecule has 0 heterocycles. The number of carbonyl (C=O) groups is 2. The first-order valence-electron chi connectivity index (χ1n) is 10.1. The van der Waals surface area contributed by atoms with Crippen LogP contribution >= 0.6 is 0 Å². The molecule has 1 unspecified atom stereocenters. The molecule has 2 N–H and O–H groups in total. The van der Waals surface area contributed by atoms with Gasteiger partial charge in [-0.1, -0.05) is 42.5 Å². The molecule has 0 aliphatic heterocycles. The highest BCUT2D eigenvalue weighted by molar-refractivity contribution is 5.90. The van der Waals surface area contributed by atoms with Crippen molar-refractivity contribution in [2.45, 2.75) is 32.9 Å². The van der Waals surface area contributed by atoms with Crippen LogP contribution in [0.4, 0.5) is 5.69 Å². The number of amides is 1. The Morgan fingerprint density at radius 1 is 1.10 bits per heavy atom. The van der Waals surface area contributed by atoms with Crippen molar-refractivity contribution >= 4 is 17.6 Å². The number of aliphatic hydroxyl groups is 1. The highest BCUT2D eigenvalue weighted by Gasteiger charge is 2.16. The van der Waals surface area contributed by atoms with Gasteiger partial charge >= 0.3 is 5.97 Å². The molecule has 7 nitrogen and oxygen atoms in total. The lowest BCUT2D eigenvalue weighted by molar-refractivity contribution is -0.143. The fourth-order valence-electron chi connectivity index (χ4n) is 2.98. The summed E-state index contributed by atoms with van der Waals surface area (Å²) in [6.45, 7) is 5.00. The molecule has 1 amide bonds. The van der Waals surface area contributed by atoms with E-state index in [-0.39, 0.29) is 24.9 Å². The second-order valence-corrected chi connectivity index (χ2v) is 6.92. The molecular weight excluding hydrogens is 384 g/mol. The van der Waals surface area contributed by atoms with Crippen LogP contribution in [0.25, 0.3) is 0 Å². The molecule has 0 fully saturated rings. The largest absolute Gasteiger partial charge is 0.489 e. The van der Waals surface area contributed by atoms with Crippen LogP contribution in [0.3, 0.4) is 0 Å². The lowest BCUT2D eigenvalue weighted by atomic mass is 10.2. The van der Waals surface area contributed by atoms with Crippen molar-refractivity contribution in [3.63, 3.8) is 0 Å². The molecule has 0 radical (unpaired) electrons. The number of nitrogens with zero attached hydrogens (tertiary/aromatic N) is 1. The van der Waals surface area contributed by atoms with E-state index in [4.69, 9.17) is 9.47 Å². The number of hydrogen-bond acceptors (Lipinski definition) is 6. The first-order chi connectivity index (χ1) is 14.5. The van der Waals surface area contributed by atoms with E-state index in [1.54, 1.807) is 31.2 Å². The number of ether oxygens (including phenoxy) is 2. The van der Waals surface area contributed by atoms with Gasteiger partial charge in [-0.15, -0.1) is 0 Å². The Labute approximate surface area is 177 Å². The standard InChI is InChI=1S/C23H30N2O5/c1-3-29-23(28)13-14-25(15-19-9-5-4-6-10-19)16-20(27)17-30-22-12-8-7-11-21(22)24-18(2)26/h4-12,20,27H,3,13-17H2,1-2H3,(H,24,26). The topological polar surface area (TPSA) is 88.1 Å². The number of para-hydroxylation sites is 2. The molecule has 1 atom stereocenters. The molecule has 2 aromatic carbocycles. The summed E-state index contributed by atoms with van der Waals surface area (Å²) in [6.07, 6.45) is -0.527. The molecule has 0 aromatic heterocycles. The van der Waals surface area contributed by atoms with E-state index in [1.165, 1.54) is 6.92 Å². The molecule has 0 bridgehead atoms. The first kappa shape index (κ1) is 23.4. The maximum Gasteiger partial charge on any atom is 0.307 e. The van der Waals surface area contributed by atoms with Crippen molar-refractivity contribution < 1.29 is 24.2 Å². The lowest BCUT2D eigenvalue weighted by Gasteiger charge is -2.25. The summed E-state index contributed by atoms with van der Waals surface area (Å²) in [4.78, 5) is 25.1. The molecule has 0 spiro atoms. The maximum absolute atomic E-state index is 11.8. The van der Waals surface area contributed by atoms with Gasteiger partial charge in [0.15, 0.2) is 0 Å². The van der Waals surface area contributed by atoms with E-state index in [2.05, 4.69) is 5.32 Å². The molecule has 2 aromatic rings. The van der Waals surface area contributed by atoms with Gasteiger partial charge in [-0.2, -0.15) is 0 Å². The molecule has 7 heteroatoms. The van der Waals surface area contributed by atoms with Crippen molar-refractivity contribution in [1.82, 2.24) is 4.90 Å². The fraction of sp³-hybridized carbons (Fsp3) is 0.391. The van der Waals surface area contributed by atoms with Gasteiger partial charge in [-0.05, 0) is 24.6 Å². The van der Waals surface area contributed by atoms with E-state index in [1.807, 2.05) is 35.2 Å². The van der Waals surface area contributed by atoms with Crippen LogP contribution in [-0.4, -0.2) is 54.3 Å². The molecule has 0 aliphatic rings. The minimum absolute atomic E-state index is 0.0568. The Bertz CT molecular complexity index is 797. The second kappa shape index (κ2) is 12.6. The Morgan fingerprint density at radius 2 is 1.80 bits per heavy atom. The number of benzene rings is 2. The monoisotopic (exact) mass is 414 g/mol.